The molecule has 0 fully saturated rings. The fourth-order valence-electron chi connectivity index (χ4n) is 1.61. The molecular formula is C11H13N3O6. The summed E-state index contributed by atoms with van der Waals surface area (Å²) in [5, 5.41) is 30.6. The second-order valence-corrected chi connectivity index (χ2v) is 4.03. The normalized spacial score (nSPS) is 13.2. The summed E-state index contributed by atoms with van der Waals surface area (Å²) in [4.78, 5) is 31.4. The van der Waals surface area contributed by atoms with Crippen LogP contribution in [0, 0.1) is 10.1 Å². The van der Waals surface area contributed by atoms with Crippen molar-refractivity contribution in [3.05, 3.63) is 39.9 Å². The number of nitro groups is 1. The molecule has 0 aliphatic carbocycles. The number of hydrogen-bond acceptors (Lipinski definition) is 5. The number of non-ortho nitro benzene ring substituents is 1. The Morgan fingerprint density at radius 3 is 2.30 bits per heavy atom. The summed E-state index contributed by atoms with van der Waals surface area (Å²) in [7, 11) is 0. The van der Waals surface area contributed by atoms with E-state index in [0.29, 0.717) is 5.56 Å². The van der Waals surface area contributed by atoms with Crippen LogP contribution in [0.3, 0.4) is 0 Å². The van der Waals surface area contributed by atoms with E-state index in [4.69, 9.17) is 10.8 Å². The summed E-state index contributed by atoms with van der Waals surface area (Å²) in [6, 6.07) is 4.16. The van der Waals surface area contributed by atoms with Crippen LogP contribution in [0.5, 0.6) is 0 Å². The standard InChI is InChI=1S/C11H13N3O6/c12-10(16)9(15)8(13-11(17)18)5-6-1-3-7(4-2-6)14(19)20/h1-4,8-9,13,15H,5H2,(H2,12,16)(H,17,18). The lowest BCUT2D eigenvalue weighted by Crippen LogP contribution is -2.50. The molecule has 0 aliphatic heterocycles. The first-order valence-electron chi connectivity index (χ1n) is 5.51. The number of nitrogens with one attached hydrogen (secondary N) is 1. The van der Waals surface area contributed by atoms with Crippen molar-refractivity contribution in [2.45, 2.75) is 18.6 Å². The largest absolute Gasteiger partial charge is 0.465 e. The number of nitro benzene ring substituents is 1. The first-order valence-corrected chi connectivity index (χ1v) is 5.51. The number of rotatable bonds is 6. The van der Waals surface area contributed by atoms with Gasteiger partial charge < -0.3 is 21.3 Å². The lowest BCUT2D eigenvalue weighted by molar-refractivity contribution is -0.384. The third-order valence-corrected chi connectivity index (χ3v) is 2.58. The number of nitrogens with zero attached hydrogens (tertiary/aromatic N) is 1. The number of carbonyl (C=O) groups is 2. The van der Waals surface area contributed by atoms with Crippen molar-refractivity contribution in [2.75, 3.05) is 0 Å². The number of primary amides is 1. The van der Waals surface area contributed by atoms with Gasteiger partial charge in [0.25, 0.3) is 5.69 Å². The number of aliphatic hydroxyl groups is 1. The van der Waals surface area contributed by atoms with E-state index >= 15 is 0 Å². The number of nitrogens with two attached hydrogens (primary N) is 1. The molecule has 1 aromatic rings. The van der Waals surface area contributed by atoms with Crippen molar-refractivity contribution >= 4 is 17.7 Å². The molecule has 0 saturated carbocycles. The van der Waals surface area contributed by atoms with Crippen LogP contribution in [0.4, 0.5) is 10.5 Å². The Morgan fingerprint density at radius 1 is 1.35 bits per heavy atom. The summed E-state index contributed by atoms with van der Waals surface area (Å²) in [6.07, 6.45) is -3.15. The summed E-state index contributed by atoms with van der Waals surface area (Å²) < 4.78 is 0. The van der Waals surface area contributed by atoms with Gasteiger partial charge in [0, 0.05) is 12.1 Å². The summed E-state index contributed by atoms with van der Waals surface area (Å²) in [6.45, 7) is 0. The molecule has 0 aromatic heterocycles. The first kappa shape index (κ1) is 15.4. The van der Waals surface area contributed by atoms with E-state index in [-0.39, 0.29) is 12.1 Å². The van der Waals surface area contributed by atoms with Gasteiger partial charge in [-0.15, -0.1) is 0 Å². The molecule has 0 spiro atoms. The van der Waals surface area contributed by atoms with Crippen LogP contribution in [0.25, 0.3) is 0 Å². The van der Waals surface area contributed by atoms with Crippen molar-refractivity contribution in [3.63, 3.8) is 0 Å². The number of carboxylic acid groups (broad SMARTS) is 1. The zero-order valence-electron chi connectivity index (χ0n) is 10.2. The van der Waals surface area contributed by atoms with Gasteiger partial charge in [0.05, 0.1) is 11.0 Å². The molecule has 2 atom stereocenters. The van der Waals surface area contributed by atoms with E-state index in [1.54, 1.807) is 0 Å². The number of hydrogen-bond donors (Lipinski definition) is 4. The van der Waals surface area contributed by atoms with Gasteiger partial charge in [-0.3, -0.25) is 14.9 Å². The van der Waals surface area contributed by atoms with Crippen LogP contribution in [0.2, 0.25) is 0 Å². The molecule has 0 saturated heterocycles. The Kier molecular flexibility index (Phi) is 4.98. The summed E-state index contributed by atoms with van der Waals surface area (Å²) in [5.41, 5.74) is 5.31. The van der Waals surface area contributed by atoms with Gasteiger partial charge in [0.15, 0.2) is 6.10 Å². The molecule has 2 amide bonds. The van der Waals surface area contributed by atoms with Gasteiger partial charge in [-0.1, -0.05) is 12.1 Å². The minimum absolute atomic E-state index is 0.0333. The molecule has 108 valence electrons. The Morgan fingerprint density at radius 2 is 1.90 bits per heavy atom. The third-order valence-electron chi connectivity index (χ3n) is 2.58. The van der Waals surface area contributed by atoms with Gasteiger partial charge in [-0.2, -0.15) is 0 Å². The van der Waals surface area contributed by atoms with Crippen LogP contribution in [0.15, 0.2) is 24.3 Å². The van der Waals surface area contributed by atoms with Crippen LogP contribution < -0.4 is 11.1 Å². The zero-order chi connectivity index (χ0) is 15.3. The minimum atomic E-state index is -1.69. The van der Waals surface area contributed by atoms with E-state index in [1.165, 1.54) is 24.3 Å². The molecule has 0 heterocycles. The average molecular weight is 283 g/mol. The Labute approximate surface area is 113 Å². The Hall–Kier alpha value is -2.68. The van der Waals surface area contributed by atoms with Crippen molar-refractivity contribution in [2.24, 2.45) is 5.73 Å². The molecule has 2 unspecified atom stereocenters. The summed E-state index contributed by atoms with van der Waals surface area (Å²) in [5.74, 6) is -1.06. The van der Waals surface area contributed by atoms with Crippen LogP contribution in [0.1, 0.15) is 5.56 Å². The minimum Gasteiger partial charge on any atom is -0.465 e. The van der Waals surface area contributed by atoms with E-state index in [1.807, 2.05) is 5.32 Å². The summed E-state index contributed by atoms with van der Waals surface area (Å²) >= 11 is 0. The smallest absolute Gasteiger partial charge is 0.404 e. The molecule has 9 nitrogen and oxygen atoms in total. The average Bonchev–Trinajstić information content (AvgIpc) is 2.37. The molecule has 0 bridgehead atoms. The Bertz CT molecular complexity index is 515. The third kappa shape index (κ3) is 4.21. The number of aliphatic hydroxyl groups excluding tert-OH is 1. The highest BCUT2D eigenvalue weighted by Crippen LogP contribution is 2.14. The van der Waals surface area contributed by atoms with Crippen molar-refractivity contribution in [3.8, 4) is 0 Å². The van der Waals surface area contributed by atoms with Gasteiger partial charge in [0.2, 0.25) is 5.91 Å². The maximum absolute atomic E-state index is 10.9. The molecule has 0 radical (unpaired) electrons. The SMILES string of the molecule is NC(=O)C(O)C(Cc1ccc([N+](=O)[O-])cc1)NC(=O)O. The molecule has 9 heteroatoms. The molecular weight excluding hydrogens is 270 g/mol. The zero-order valence-corrected chi connectivity index (χ0v) is 10.2. The lowest BCUT2D eigenvalue weighted by Gasteiger charge is -2.20. The first-order chi connectivity index (χ1) is 9.31. The predicted octanol–water partition coefficient (Wildman–Crippen LogP) is -0.380. The fraction of sp³-hybridized carbons (Fsp3) is 0.273. The Balaban J connectivity index is 2.86. The van der Waals surface area contributed by atoms with E-state index in [9.17, 15) is 24.8 Å². The maximum atomic E-state index is 10.9. The molecule has 20 heavy (non-hydrogen) atoms. The molecule has 1 rings (SSSR count). The predicted molar refractivity (Wildman–Crippen MR) is 67.0 cm³/mol. The maximum Gasteiger partial charge on any atom is 0.404 e. The highest BCUT2D eigenvalue weighted by atomic mass is 16.6. The van der Waals surface area contributed by atoms with Crippen molar-refractivity contribution in [1.29, 1.82) is 0 Å². The van der Waals surface area contributed by atoms with Crippen molar-refractivity contribution in [1.82, 2.24) is 5.32 Å². The van der Waals surface area contributed by atoms with Crippen molar-refractivity contribution < 1.29 is 24.7 Å². The van der Waals surface area contributed by atoms with Gasteiger partial charge in [0.1, 0.15) is 0 Å². The van der Waals surface area contributed by atoms with Crippen LogP contribution in [-0.4, -0.2) is 39.3 Å². The van der Waals surface area contributed by atoms with E-state index < -0.39 is 29.1 Å². The topological polar surface area (TPSA) is 156 Å². The van der Waals surface area contributed by atoms with Crippen LogP contribution >= 0.6 is 0 Å². The van der Waals surface area contributed by atoms with E-state index in [2.05, 4.69) is 0 Å². The van der Waals surface area contributed by atoms with Gasteiger partial charge in [-0.05, 0) is 12.0 Å². The molecule has 0 aliphatic rings. The second kappa shape index (κ2) is 6.48. The van der Waals surface area contributed by atoms with E-state index in [0.717, 1.165) is 0 Å². The quantitative estimate of drug-likeness (QED) is 0.412. The molecule has 1 aromatic carbocycles. The fourth-order valence-corrected chi connectivity index (χ4v) is 1.61. The second-order valence-electron chi connectivity index (χ2n) is 4.03. The number of carbonyl (C=O) groups excluding carboxylic acids is 1. The highest BCUT2D eigenvalue weighted by Gasteiger charge is 2.26. The lowest BCUT2D eigenvalue weighted by atomic mass is 10.0. The monoisotopic (exact) mass is 283 g/mol. The number of benzene rings is 1. The van der Waals surface area contributed by atoms with Gasteiger partial charge >= 0.3 is 6.09 Å². The molecule has 5 N–H and O–H groups in total. The number of amides is 2. The van der Waals surface area contributed by atoms with Crippen LogP contribution in [-0.2, 0) is 11.2 Å². The van der Waals surface area contributed by atoms with Gasteiger partial charge in [-0.25, -0.2) is 4.79 Å². The highest BCUT2D eigenvalue weighted by molar-refractivity contribution is 5.80.